The number of ether oxygens (including phenoxy) is 1. The Bertz CT molecular complexity index is 316. The molecule has 0 atom stereocenters. The molecule has 1 aromatic heterocycles. The van der Waals surface area contributed by atoms with Gasteiger partial charge in [-0.3, -0.25) is 0 Å². The average Bonchev–Trinajstić information content (AvgIpc) is 2.03. The highest BCUT2D eigenvalue weighted by atomic mass is 79.9. The van der Waals surface area contributed by atoms with Crippen LogP contribution in [0.4, 0.5) is 4.39 Å². The zero-order chi connectivity index (χ0) is 9.14. The summed E-state index contributed by atoms with van der Waals surface area (Å²) in [6, 6.07) is 1.10. The van der Waals surface area contributed by atoms with Crippen molar-refractivity contribution in [2.45, 2.75) is 0 Å². The van der Waals surface area contributed by atoms with Crippen molar-refractivity contribution in [3.8, 4) is 0 Å². The van der Waals surface area contributed by atoms with E-state index >= 15 is 0 Å². The number of aromatic nitrogens is 1. The maximum atomic E-state index is 12.9. The van der Waals surface area contributed by atoms with Crippen molar-refractivity contribution in [3.05, 3.63) is 28.2 Å². The summed E-state index contributed by atoms with van der Waals surface area (Å²) in [6.07, 6.45) is 1.12. The molecule has 0 radical (unpaired) electrons. The Labute approximate surface area is 76.7 Å². The lowest BCUT2D eigenvalue weighted by atomic mass is 10.3. The van der Waals surface area contributed by atoms with Crippen LogP contribution in [0.5, 0.6) is 0 Å². The molecule has 0 aromatic carbocycles. The Hall–Kier alpha value is -0.970. The molecule has 0 saturated carbocycles. The van der Waals surface area contributed by atoms with E-state index in [1.165, 1.54) is 7.11 Å². The van der Waals surface area contributed by atoms with E-state index < -0.39 is 11.8 Å². The van der Waals surface area contributed by atoms with Crippen LogP contribution in [0.2, 0.25) is 0 Å². The lowest BCUT2D eigenvalue weighted by Crippen LogP contribution is -2.04. The summed E-state index contributed by atoms with van der Waals surface area (Å²) in [7, 11) is 1.18. The van der Waals surface area contributed by atoms with Crippen molar-refractivity contribution < 1.29 is 13.9 Å². The Morgan fingerprint density at radius 1 is 1.75 bits per heavy atom. The fourth-order valence-electron chi connectivity index (χ4n) is 0.668. The summed E-state index contributed by atoms with van der Waals surface area (Å²) in [5.74, 6) is -1.38. The van der Waals surface area contributed by atoms with Crippen molar-refractivity contribution in [2.24, 2.45) is 0 Å². The molecule has 1 rings (SSSR count). The van der Waals surface area contributed by atoms with Crippen molar-refractivity contribution in [3.63, 3.8) is 0 Å². The van der Waals surface area contributed by atoms with E-state index in [1.54, 1.807) is 0 Å². The second kappa shape index (κ2) is 3.62. The predicted molar refractivity (Wildman–Crippen MR) is 43.2 cm³/mol. The number of rotatable bonds is 1. The molecule has 0 amide bonds. The minimum Gasteiger partial charge on any atom is -0.465 e. The summed E-state index contributed by atoms with van der Waals surface area (Å²) >= 11 is 2.96. The first-order valence-corrected chi connectivity index (χ1v) is 3.84. The summed E-state index contributed by atoms with van der Waals surface area (Å²) in [6.45, 7) is 0. The normalized spacial score (nSPS) is 9.58. The minimum absolute atomic E-state index is 0.166. The van der Waals surface area contributed by atoms with Gasteiger partial charge in [0, 0.05) is 12.3 Å². The Morgan fingerprint density at radius 2 is 2.42 bits per heavy atom. The zero-order valence-corrected chi connectivity index (χ0v) is 7.76. The standard InChI is InChI=1S/C7H5BrFNO2/c1-12-7(11)4-3-10-6(8)2-5(4)9/h2-3H,1H3. The van der Waals surface area contributed by atoms with Gasteiger partial charge in [0.15, 0.2) is 0 Å². The summed E-state index contributed by atoms with van der Waals surface area (Å²) in [4.78, 5) is 14.5. The maximum Gasteiger partial charge on any atom is 0.342 e. The molecule has 5 heteroatoms. The summed E-state index contributed by atoms with van der Waals surface area (Å²) in [5.41, 5.74) is -0.166. The molecule has 0 saturated heterocycles. The molecule has 0 spiro atoms. The van der Waals surface area contributed by atoms with Gasteiger partial charge in [0.05, 0.1) is 7.11 Å². The van der Waals surface area contributed by atoms with E-state index in [0.717, 1.165) is 12.3 Å². The predicted octanol–water partition coefficient (Wildman–Crippen LogP) is 1.77. The molecule has 12 heavy (non-hydrogen) atoms. The largest absolute Gasteiger partial charge is 0.465 e. The van der Waals surface area contributed by atoms with Crippen LogP contribution in [0.3, 0.4) is 0 Å². The van der Waals surface area contributed by atoms with Gasteiger partial charge in [-0.05, 0) is 15.9 Å². The number of pyridine rings is 1. The quantitative estimate of drug-likeness (QED) is 0.549. The summed E-state index contributed by atoms with van der Waals surface area (Å²) < 4.78 is 17.6. The molecule has 0 bridgehead atoms. The number of halogens is 2. The first kappa shape index (κ1) is 9.12. The highest BCUT2D eigenvalue weighted by molar-refractivity contribution is 9.10. The van der Waals surface area contributed by atoms with Gasteiger partial charge in [-0.15, -0.1) is 0 Å². The monoisotopic (exact) mass is 233 g/mol. The van der Waals surface area contributed by atoms with Crippen LogP contribution in [0, 0.1) is 5.82 Å². The Morgan fingerprint density at radius 3 is 2.92 bits per heavy atom. The summed E-state index contributed by atoms with van der Waals surface area (Å²) in [5, 5.41) is 0. The molecule has 0 fully saturated rings. The SMILES string of the molecule is COC(=O)c1cnc(Br)cc1F. The van der Waals surface area contributed by atoms with E-state index in [0.29, 0.717) is 4.60 Å². The van der Waals surface area contributed by atoms with Crippen LogP contribution in [-0.2, 0) is 4.74 Å². The van der Waals surface area contributed by atoms with Gasteiger partial charge in [0.25, 0.3) is 0 Å². The van der Waals surface area contributed by atoms with E-state index in [2.05, 4.69) is 25.7 Å². The van der Waals surface area contributed by atoms with Gasteiger partial charge in [-0.25, -0.2) is 14.2 Å². The molecule has 0 aliphatic rings. The van der Waals surface area contributed by atoms with Crippen molar-refractivity contribution in [2.75, 3.05) is 7.11 Å². The highest BCUT2D eigenvalue weighted by Crippen LogP contribution is 2.12. The van der Waals surface area contributed by atoms with Gasteiger partial charge in [0.2, 0.25) is 0 Å². The van der Waals surface area contributed by atoms with E-state index in [1.807, 2.05) is 0 Å². The van der Waals surface area contributed by atoms with E-state index in [4.69, 9.17) is 0 Å². The molecule has 1 heterocycles. The Balaban J connectivity index is 3.09. The fourth-order valence-corrected chi connectivity index (χ4v) is 0.971. The molecule has 0 unspecified atom stereocenters. The van der Waals surface area contributed by atoms with Crippen molar-refractivity contribution in [1.82, 2.24) is 4.98 Å². The average molecular weight is 234 g/mol. The van der Waals surface area contributed by atoms with Crippen LogP contribution < -0.4 is 0 Å². The van der Waals surface area contributed by atoms with Crippen LogP contribution in [0.15, 0.2) is 16.9 Å². The molecule has 64 valence electrons. The smallest absolute Gasteiger partial charge is 0.342 e. The van der Waals surface area contributed by atoms with Crippen LogP contribution in [0.25, 0.3) is 0 Å². The van der Waals surface area contributed by atoms with Crippen molar-refractivity contribution >= 4 is 21.9 Å². The van der Waals surface area contributed by atoms with Crippen LogP contribution >= 0.6 is 15.9 Å². The molecular weight excluding hydrogens is 229 g/mol. The zero-order valence-electron chi connectivity index (χ0n) is 6.17. The molecule has 0 aliphatic carbocycles. The first-order chi connectivity index (χ1) is 5.65. The van der Waals surface area contributed by atoms with E-state index in [-0.39, 0.29) is 5.56 Å². The van der Waals surface area contributed by atoms with Gasteiger partial charge < -0.3 is 4.74 Å². The Kier molecular flexibility index (Phi) is 2.75. The van der Waals surface area contributed by atoms with Crippen molar-refractivity contribution in [1.29, 1.82) is 0 Å². The minimum atomic E-state index is -0.729. The second-order valence-corrected chi connectivity index (χ2v) is 2.79. The number of methoxy groups -OCH3 is 1. The van der Waals surface area contributed by atoms with Gasteiger partial charge in [-0.2, -0.15) is 0 Å². The number of carbonyl (C=O) groups excluding carboxylic acids is 1. The highest BCUT2D eigenvalue weighted by Gasteiger charge is 2.12. The fraction of sp³-hybridized carbons (Fsp3) is 0.143. The lowest BCUT2D eigenvalue weighted by molar-refractivity contribution is 0.0595. The number of esters is 1. The van der Waals surface area contributed by atoms with Crippen LogP contribution in [-0.4, -0.2) is 18.1 Å². The third kappa shape index (κ3) is 1.79. The van der Waals surface area contributed by atoms with E-state index in [9.17, 15) is 9.18 Å². The second-order valence-electron chi connectivity index (χ2n) is 1.98. The molecule has 0 aliphatic heterocycles. The van der Waals surface area contributed by atoms with Crippen LogP contribution in [0.1, 0.15) is 10.4 Å². The van der Waals surface area contributed by atoms with Gasteiger partial charge in [0.1, 0.15) is 16.0 Å². The lowest BCUT2D eigenvalue weighted by Gasteiger charge is -1.99. The molecular formula is C7H5BrFNO2. The van der Waals surface area contributed by atoms with Gasteiger partial charge >= 0.3 is 5.97 Å². The molecule has 1 aromatic rings. The number of nitrogens with zero attached hydrogens (tertiary/aromatic N) is 1. The molecule has 3 nitrogen and oxygen atoms in total. The first-order valence-electron chi connectivity index (χ1n) is 3.04. The topological polar surface area (TPSA) is 39.2 Å². The maximum absolute atomic E-state index is 12.9. The number of hydrogen-bond donors (Lipinski definition) is 0. The van der Waals surface area contributed by atoms with Gasteiger partial charge in [-0.1, -0.05) is 0 Å². The molecule has 0 N–H and O–H groups in total. The third-order valence-corrected chi connectivity index (χ3v) is 1.66. The number of hydrogen-bond acceptors (Lipinski definition) is 3. The number of carbonyl (C=O) groups is 1. The third-order valence-electron chi connectivity index (χ3n) is 1.23.